The molecular formula is C18H18N2O2. The van der Waals surface area contributed by atoms with Crippen LogP contribution < -0.4 is 0 Å². The predicted octanol–water partition coefficient (Wildman–Crippen LogP) is 4.19. The fourth-order valence-corrected chi connectivity index (χ4v) is 3.04. The summed E-state index contributed by atoms with van der Waals surface area (Å²) in [5.41, 5.74) is 5.28. The minimum absolute atomic E-state index is 0.105. The molecule has 0 saturated carbocycles. The molecule has 112 valence electrons. The van der Waals surface area contributed by atoms with E-state index in [0.29, 0.717) is 0 Å². The van der Waals surface area contributed by atoms with E-state index in [2.05, 4.69) is 11.1 Å². The van der Waals surface area contributed by atoms with Crippen molar-refractivity contribution in [2.24, 2.45) is 0 Å². The summed E-state index contributed by atoms with van der Waals surface area (Å²) in [6.07, 6.45) is 1.91. The molecule has 3 aromatic rings. The van der Waals surface area contributed by atoms with Gasteiger partial charge in [-0.1, -0.05) is 36.4 Å². The number of aromatic nitrogens is 1. The number of fused-ring (bicyclic) bond motifs is 1. The second-order valence-electron chi connectivity index (χ2n) is 5.72. The van der Waals surface area contributed by atoms with Gasteiger partial charge in [0.1, 0.15) is 0 Å². The average molecular weight is 294 g/mol. The lowest BCUT2D eigenvalue weighted by Gasteiger charge is -2.15. The molecule has 0 radical (unpaired) electrons. The van der Waals surface area contributed by atoms with Gasteiger partial charge in [0.15, 0.2) is 0 Å². The maximum atomic E-state index is 11.2. The van der Waals surface area contributed by atoms with Crippen molar-refractivity contribution in [3.8, 4) is 0 Å². The molecule has 1 aromatic heterocycles. The number of H-pyrrole nitrogens is 1. The fourth-order valence-electron chi connectivity index (χ4n) is 3.04. The number of hydrogen-bond donors (Lipinski definition) is 1. The molecular weight excluding hydrogens is 276 g/mol. The number of rotatable bonds is 4. The van der Waals surface area contributed by atoms with E-state index in [1.54, 1.807) is 0 Å². The van der Waals surface area contributed by atoms with Gasteiger partial charge >= 0.3 is 0 Å². The van der Waals surface area contributed by atoms with Crippen molar-refractivity contribution in [2.45, 2.75) is 19.8 Å². The molecule has 4 nitrogen and oxygen atoms in total. The first-order valence-corrected chi connectivity index (χ1v) is 7.31. The Morgan fingerprint density at radius 2 is 1.91 bits per heavy atom. The molecule has 2 aromatic carbocycles. The first-order chi connectivity index (χ1) is 10.6. The Morgan fingerprint density at radius 1 is 1.14 bits per heavy atom. The zero-order valence-electron chi connectivity index (χ0n) is 12.7. The molecule has 3 rings (SSSR count). The molecule has 0 saturated heterocycles. The van der Waals surface area contributed by atoms with Crippen LogP contribution in [0, 0.1) is 24.0 Å². The zero-order valence-corrected chi connectivity index (χ0v) is 12.7. The number of nitro groups is 1. The van der Waals surface area contributed by atoms with Gasteiger partial charge in [-0.05, 0) is 42.2 Å². The molecule has 0 aliphatic rings. The Bertz CT molecular complexity index is 836. The normalized spacial score (nSPS) is 12.5. The van der Waals surface area contributed by atoms with Gasteiger partial charge in [0.05, 0.1) is 5.92 Å². The average Bonchev–Trinajstić information content (AvgIpc) is 2.88. The maximum Gasteiger partial charge on any atom is 0.214 e. The second kappa shape index (κ2) is 5.64. The van der Waals surface area contributed by atoms with Gasteiger partial charge in [-0.2, -0.15) is 0 Å². The molecule has 0 aliphatic carbocycles. The molecule has 0 bridgehead atoms. The fraction of sp³-hybridized carbons (Fsp3) is 0.222. The molecule has 1 unspecified atom stereocenters. The van der Waals surface area contributed by atoms with Crippen molar-refractivity contribution in [3.05, 3.63) is 81.0 Å². The number of hydrogen-bond acceptors (Lipinski definition) is 2. The smallest absolute Gasteiger partial charge is 0.214 e. The highest BCUT2D eigenvalue weighted by atomic mass is 16.6. The third-order valence-corrected chi connectivity index (χ3v) is 4.14. The molecule has 22 heavy (non-hydrogen) atoms. The van der Waals surface area contributed by atoms with Crippen LogP contribution in [0.15, 0.2) is 48.7 Å². The Morgan fingerprint density at radius 3 is 2.64 bits per heavy atom. The first kappa shape index (κ1) is 14.3. The van der Waals surface area contributed by atoms with Crippen LogP contribution in [0.3, 0.4) is 0 Å². The molecule has 4 heteroatoms. The van der Waals surface area contributed by atoms with Gasteiger partial charge in [0.2, 0.25) is 6.54 Å². The summed E-state index contributed by atoms with van der Waals surface area (Å²) in [4.78, 5) is 14.2. The van der Waals surface area contributed by atoms with Crippen molar-refractivity contribution in [1.29, 1.82) is 0 Å². The van der Waals surface area contributed by atoms with Crippen LogP contribution in [0.2, 0.25) is 0 Å². The van der Waals surface area contributed by atoms with Gasteiger partial charge in [-0.15, -0.1) is 0 Å². The molecule has 0 spiro atoms. The van der Waals surface area contributed by atoms with Crippen molar-refractivity contribution in [2.75, 3.05) is 6.54 Å². The van der Waals surface area contributed by atoms with Crippen LogP contribution in [-0.4, -0.2) is 16.5 Å². The SMILES string of the molecule is Cc1ccc2c(C(C[N+](=O)[O-])c3ccccc3C)c[nH]c2c1. The van der Waals surface area contributed by atoms with E-state index in [1.165, 1.54) is 5.56 Å². The largest absolute Gasteiger partial charge is 0.361 e. The minimum Gasteiger partial charge on any atom is -0.361 e. The summed E-state index contributed by atoms with van der Waals surface area (Å²) >= 11 is 0. The summed E-state index contributed by atoms with van der Waals surface area (Å²) < 4.78 is 0. The lowest BCUT2D eigenvalue weighted by molar-refractivity contribution is -0.481. The summed E-state index contributed by atoms with van der Waals surface area (Å²) in [6.45, 7) is 3.93. The highest BCUT2D eigenvalue weighted by molar-refractivity contribution is 5.84. The predicted molar refractivity (Wildman–Crippen MR) is 87.9 cm³/mol. The van der Waals surface area contributed by atoms with Crippen LogP contribution in [0.5, 0.6) is 0 Å². The summed E-state index contributed by atoms with van der Waals surface area (Å²) in [5, 5.41) is 12.2. The Balaban J connectivity index is 2.16. The van der Waals surface area contributed by atoms with Gasteiger partial charge in [0, 0.05) is 22.0 Å². The van der Waals surface area contributed by atoms with Crippen LogP contribution in [-0.2, 0) is 0 Å². The number of aryl methyl sites for hydroxylation is 2. The maximum absolute atomic E-state index is 11.2. The lowest BCUT2D eigenvalue weighted by Crippen LogP contribution is -2.14. The topological polar surface area (TPSA) is 58.9 Å². The monoisotopic (exact) mass is 294 g/mol. The molecule has 0 aliphatic heterocycles. The van der Waals surface area contributed by atoms with Crippen molar-refractivity contribution in [3.63, 3.8) is 0 Å². The summed E-state index contributed by atoms with van der Waals surface area (Å²) in [7, 11) is 0. The quantitative estimate of drug-likeness (QED) is 0.579. The highest BCUT2D eigenvalue weighted by Gasteiger charge is 2.24. The third-order valence-electron chi connectivity index (χ3n) is 4.14. The lowest BCUT2D eigenvalue weighted by atomic mass is 9.88. The van der Waals surface area contributed by atoms with Crippen molar-refractivity contribution >= 4 is 10.9 Å². The minimum atomic E-state index is -0.243. The number of aromatic amines is 1. The van der Waals surface area contributed by atoms with Crippen molar-refractivity contribution in [1.82, 2.24) is 4.98 Å². The second-order valence-corrected chi connectivity index (χ2v) is 5.72. The Labute approximate surface area is 128 Å². The van der Waals surface area contributed by atoms with Crippen LogP contribution in [0.1, 0.15) is 28.2 Å². The van der Waals surface area contributed by atoms with Gasteiger partial charge in [0.25, 0.3) is 0 Å². The Kier molecular flexibility index (Phi) is 3.67. The van der Waals surface area contributed by atoms with E-state index in [0.717, 1.165) is 27.6 Å². The van der Waals surface area contributed by atoms with E-state index in [4.69, 9.17) is 0 Å². The molecule has 1 heterocycles. The Hall–Kier alpha value is -2.62. The van der Waals surface area contributed by atoms with Crippen LogP contribution in [0.25, 0.3) is 10.9 Å². The van der Waals surface area contributed by atoms with E-state index in [9.17, 15) is 10.1 Å². The first-order valence-electron chi connectivity index (χ1n) is 7.31. The number of nitrogens with zero attached hydrogens (tertiary/aromatic N) is 1. The van der Waals surface area contributed by atoms with Gasteiger partial charge in [-0.25, -0.2) is 0 Å². The molecule has 1 N–H and O–H groups in total. The van der Waals surface area contributed by atoms with Crippen molar-refractivity contribution < 1.29 is 4.92 Å². The third kappa shape index (κ3) is 2.60. The van der Waals surface area contributed by atoms with E-state index >= 15 is 0 Å². The molecule has 0 amide bonds. The molecule has 1 atom stereocenters. The summed E-state index contributed by atoms with van der Waals surface area (Å²) in [6, 6.07) is 14.0. The van der Waals surface area contributed by atoms with E-state index in [-0.39, 0.29) is 17.4 Å². The van der Waals surface area contributed by atoms with Crippen LogP contribution in [0.4, 0.5) is 0 Å². The number of benzene rings is 2. The highest BCUT2D eigenvalue weighted by Crippen LogP contribution is 2.33. The zero-order chi connectivity index (χ0) is 15.7. The van der Waals surface area contributed by atoms with E-state index in [1.807, 2.05) is 56.4 Å². The standard InChI is InChI=1S/C18H18N2O2/c1-12-7-8-15-16(10-19-18(15)9-12)17(11-20(21)22)14-6-4-3-5-13(14)2/h3-10,17,19H,11H2,1-2H3. The van der Waals surface area contributed by atoms with Gasteiger partial charge < -0.3 is 4.98 Å². The number of nitrogens with one attached hydrogen (secondary N) is 1. The summed E-state index contributed by atoms with van der Waals surface area (Å²) in [5.74, 6) is -0.243. The van der Waals surface area contributed by atoms with Crippen LogP contribution >= 0.6 is 0 Å². The van der Waals surface area contributed by atoms with E-state index < -0.39 is 0 Å². The molecule has 0 fully saturated rings. The van der Waals surface area contributed by atoms with Gasteiger partial charge in [-0.3, -0.25) is 10.1 Å².